The van der Waals surface area contributed by atoms with Crippen LogP contribution in [0, 0.1) is 11.6 Å². The third-order valence-corrected chi connectivity index (χ3v) is 6.80. The van der Waals surface area contributed by atoms with Gasteiger partial charge in [0.05, 0.1) is 17.0 Å². The van der Waals surface area contributed by atoms with E-state index < -0.39 is 17.4 Å². The number of hydrogen-bond donors (Lipinski definition) is 1. The topological polar surface area (TPSA) is 104 Å². The van der Waals surface area contributed by atoms with Crippen molar-refractivity contribution >= 4 is 28.4 Å². The van der Waals surface area contributed by atoms with Gasteiger partial charge in [-0.05, 0) is 73.7 Å². The second-order valence-corrected chi connectivity index (χ2v) is 9.22. The Morgan fingerprint density at radius 2 is 1.87 bits per heavy atom. The van der Waals surface area contributed by atoms with Gasteiger partial charge in [-0.15, -0.1) is 0 Å². The molecule has 1 atom stereocenters. The van der Waals surface area contributed by atoms with Crippen LogP contribution in [0.1, 0.15) is 54.1 Å². The Bertz CT molecular complexity index is 1590. The molecule has 0 aliphatic heterocycles. The first-order valence-corrected chi connectivity index (χ1v) is 12.3. The number of nitrogens with zero attached hydrogens (tertiary/aromatic N) is 4. The van der Waals surface area contributed by atoms with Crippen LogP contribution < -0.4 is 5.73 Å². The van der Waals surface area contributed by atoms with Crippen molar-refractivity contribution in [1.29, 1.82) is 0 Å². The highest BCUT2D eigenvalue weighted by Crippen LogP contribution is 2.36. The summed E-state index contributed by atoms with van der Waals surface area (Å²) in [6.45, 7) is 3.62. The Hall–Kier alpha value is -4.53. The third-order valence-electron chi connectivity index (χ3n) is 6.80. The van der Waals surface area contributed by atoms with Gasteiger partial charge in [0, 0.05) is 11.1 Å². The van der Waals surface area contributed by atoms with Crippen LogP contribution in [0.3, 0.4) is 0 Å². The molecule has 1 unspecified atom stereocenters. The van der Waals surface area contributed by atoms with Gasteiger partial charge >= 0.3 is 0 Å². The van der Waals surface area contributed by atoms with E-state index in [-0.39, 0.29) is 28.8 Å². The molecule has 7 nitrogen and oxygen atoms in total. The lowest BCUT2D eigenvalue weighted by molar-refractivity contribution is -0.111. The second-order valence-electron chi connectivity index (χ2n) is 9.22. The van der Waals surface area contributed by atoms with E-state index in [0.717, 1.165) is 37.8 Å². The number of halogens is 2. The van der Waals surface area contributed by atoms with Gasteiger partial charge < -0.3 is 5.73 Å². The molecule has 9 heteroatoms. The Balaban J connectivity index is 1.57. The maximum absolute atomic E-state index is 15.2. The molecule has 0 saturated carbocycles. The molecule has 2 aromatic carbocycles. The fourth-order valence-corrected chi connectivity index (χ4v) is 4.84. The molecule has 1 aliphatic carbocycles. The van der Waals surface area contributed by atoms with Crippen LogP contribution in [0.4, 0.5) is 14.6 Å². The Kier molecular flexibility index (Phi) is 6.91. The quantitative estimate of drug-likeness (QED) is 0.259. The van der Waals surface area contributed by atoms with E-state index in [2.05, 4.69) is 16.5 Å². The highest BCUT2D eigenvalue weighted by Gasteiger charge is 2.26. The van der Waals surface area contributed by atoms with Crippen LogP contribution >= 0.6 is 0 Å². The van der Waals surface area contributed by atoms with Crippen molar-refractivity contribution < 1.29 is 18.4 Å². The van der Waals surface area contributed by atoms with Gasteiger partial charge in [-0.3, -0.25) is 9.59 Å². The monoisotopic (exact) mass is 513 g/mol. The molecule has 4 aromatic rings. The molecule has 1 aliphatic rings. The van der Waals surface area contributed by atoms with Crippen LogP contribution in [0.2, 0.25) is 0 Å². The van der Waals surface area contributed by atoms with E-state index >= 15 is 4.39 Å². The maximum atomic E-state index is 15.2. The number of anilines is 1. The number of allylic oxidation sites excluding steroid dienone is 3. The lowest BCUT2D eigenvalue weighted by Gasteiger charge is -2.21. The standard InChI is InChI=1S/C29H25F2N5O2/c1-2-24(37)18-6-4-3-5-7-21(14-18)36-29-25(28(32)33-16-34-29)26(35-36)19-10-13-22(23(31)15-19)27(38)17-8-11-20(30)12-9-17/h2,6,8-13,15-16,21H,1,3-5,7,14H2,(H2,32,33,34). The number of carbonyl (C=O) groups excluding carboxylic acids is 2. The SMILES string of the molecule is C=CC(=O)C1=CCCCCC(n2nc(-c3ccc(C(=O)c4ccc(F)cc4)c(F)c3)c3c(N)ncnc32)C1. The predicted molar refractivity (Wildman–Crippen MR) is 140 cm³/mol. The summed E-state index contributed by atoms with van der Waals surface area (Å²) >= 11 is 0. The van der Waals surface area contributed by atoms with E-state index in [0.29, 0.717) is 34.3 Å². The molecule has 2 N–H and O–H groups in total. The number of fused-ring (bicyclic) bond motifs is 1. The Morgan fingerprint density at radius 1 is 1.08 bits per heavy atom. The van der Waals surface area contributed by atoms with Gasteiger partial charge in [-0.2, -0.15) is 5.10 Å². The first-order valence-electron chi connectivity index (χ1n) is 12.3. The first-order chi connectivity index (χ1) is 18.4. The summed E-state index contributed by atoms with van der Waals surface area (Å²) < 4.78 is 30.2. The van der Waals surface area contributed by atoms with Crippen molar-refractivity contribution in [2.45, 2.75) is 38.1 Å². The Labute approximate surface area is 217 Å². The summed E-state index contributed by atoms with van der Waals surface area (Å²) in [6, 6.07) is 8.93. The minimum Gasteiger partial charge on any atom is -0.383 e. The van der Waals surface area contributed by atoms with Crippen LogP contribution in [0.15, 0.2) is 73.1 Å². The van der Waals surface area contributed by atoms with Crippen molar-refractivity contribution in [1.82, 2.24) is 19.7 Å². The van der Waals surface area contributed by atoms with Crippen LogP contribution in [-0.4, -0.2) is 31.3 Å². The smallest absolute Gasteiger partial charge is 0.195 e. The fraction of sp³-hybridized carbons (Fsp3) is 0.207. The summed E-state index contributed by atoms with van der Waals surface area (Å²) in [5.74, 6) is -1.73. The van der Waals surface area contributed by atoms with Crippen LogP contribution in [-0.2, 0) is 4.79 Å². The number of carbonyl (C=O) groups is 2. The molecule has 192 valence electrons. The van der Waals surface area contributed by atoms with Crippen LogP contribution in [0.25, 0.3) is 22.3 Å². The summed E-state index contributed by atoms with van der Waals surface area (Å²) in [6.07, 6.45) is 8.52. The minimum absolute atomic E-state index is 0.119. The highest BCUT2D eigenvalue weighted by molar-refractivity contribution is 6.09. The van der Waals surface area contributed by atoms with E-state index in [1.807, 2.05) is 6.08 Å². The van der Waals surface area contributed by atoms with E-state index in [9.17, 15) is 14.0 Å². The minimum atomic E-state index is -0.748. The van der Waals surface area contributed by atoms with E-state index in [1.54, 1.807) is 10.7 Å². The van der Waals surface area contributed by atoms with Gasteiger partial charge in [0.2, 0.25) is 0 Å². The molecule has 5 rings (SSSR count). The zero-order valence-corrected chi connectivity index (χ0v) is 20.5. The molecule has 38 heavy (non-hydrogen) atoms. The molecule has 2 heterocycles. The number of ketones is 2. The van der Waals surface area contributed by atoms with Gasteiger partial charge in [0.1, 0.15) is 29.5 Å². The van der Waals surface area contributed by atoms with Gasteiger partial charge in [-0.25, -0.2) is 23.4 Å². The zero-order valence-electron chi connectivity index (χ0n) is 20.5. The van der Waals surface area contributed by atoms with Gasteiger partial charge in [0.25, 0.3) is 0 Å². The third kappa shape index (κ3) is 4.74. The lowest BCUT2D eigenvalue weighted by atomic mass is 9.93. The highest BCUT2D eigenvalue weighted by atomic mass is 19.1. The number of nitrogens with two attached hydrogens (primary N) is 1. The molecule has 0 saturated heterocycles. The fourth-order valence-electron chi connectivity index (χ4n) is 4.84. The number of rotatable bonds is 6. The number of nitrogen functional groups attached to an aromatic ring is 1. The van der Waals surface area contributed by atoms with Crippen molar-refractivity contribution in [2.75, 3.05) is 5.73 Å². The maximum Gasteiger partial charge on any atom is 0.195 e. The lowest BCUT2D eigenvalue weighted by Crippen LogP contribution is -2.16. The molecule has 0 radical (unpaired) electrons. The van der Waals surface area contributed by atoms with Crippen molar-refractivity contribution in [3.05, 3.63) is 95.9 Å². The number of aromatic nitrogens is 4. The molecule has 0 fully saturated rings. The normalized spacial score (nSPS) is 15.9. The molecule has 0 spiro atoms. The van der Waals surface area contributed by atoms with Gasteiger partial charge in [0.15, 0.2) is 17.2 Å². The zero-order chi connectivity index (χ0) is 26.8. The van der Waals surface area contributed by atoms with Crippen LogP contribution in [0.5, 0.6) is 0 Å². The molecule has 0 amide bonds. The predicted octanol–water partition coefficient (Wildman–Crippen LogP) is 5.77. The number of hydrogen-bond acceptors (Lipinski definition) is 6. The first kappa shape index (κ1) is 25.1. The van der Waals surface area contributed by atoms with E-state index in [4.69, 9.17) is 10.8 Å². The molecular formula is C29H25F2N5O2. The second kappa shape index (κ2) is 10.5. The largest absolute Gasteiger partial charge is 0.383 e. The Morgan fingerprint density at radius 3 is 2.61 bits per heavy atom. The van der Waals surface area contributed by atoms with Crippen molar-refractivity contribution in [2.24, 2.45) is 0 Å². The molecular weight excluding hydrogens is 488 g/mol. The average molecular weight is 514 g/mol. The summed E-state index contributed by atoms with van der Waals surface area (Å²) in [4.78, 5) is 33.8. The summed E-state index contributed by atoms with van der Waals surface area (Å²) in [7, 11) is 0. The molecule has 0 bridgehead atoms. The summed E-state index contributed by atoms with van der Waals surface area (Å²) in [5, 5.41) is 5.26. The van der Waals surface area contributed by atoms with E-state index in [1.165, 1.54) is 36.7 Å². The van der Waals surface area contributed by atoms with Gasteiger partial charge in [-0.1, -0.05) is 25.1 Å². The van der Waals surface area contributed by atoms with Crippen molar-refractivity contribution in [3.8, 4) is 11.3 Å². The summed E-state index contributed by atoms with van der Waals surface area (Å²) in [5.41, 5.74) is 8.18. The average Bonchev–Trinajstić information content (AvgIpc) is 3.29. The number of benzene rings is 2. The van der Waals surface area contributed by atoms with Crippen molar-refractivity contribution in [3.63, 3.8) is 0 Å². The molecule has 2 aromatic heterocycles.